The number of hydrogen-bond acceptors (Lipinski definition) is 5. The summed E-state index contributed by atoms with van der Waals surface area (Å²) in [6, 6.07) is 3.28. The zero-order chi connectivity index (χ0) is 20.6. The van der Waals surface area contributed by atoms with Gasteiger partial charge in [-0.1, -0.05) is 13.8 Å². The predicted octanol–water partition coefficient (Wildman–Crippen LogP) is 3.21. The Morgan fingerprint density at radius 3 is 2.59 bits per heavy atom. The molecule has 0 amide bonds. The molecule has 1 aromatic rings. The smallest absolute Gasteiger partial charge is 0.335 e. The molecule has 29 heavy (non-hydrogen) atoms. The Bertz CT molecular complexity index is 829. The molecule has 0 bridgehead atoms. The maximum atomic E-state index is 12.2. The lowest BCUT2D eigenvalue weighted by molar-refractivity contribution is -0.239. The van der Waals surface area contributed by atoms with Gasteiger partial charge >= 0.3 is 5.63 Å². The lowest BCUT2D eigenvalue weighted by atomic mass is 9.42. The number of aliphatic hydroxyl groups excluding tert-OH is 2. The van der Waals surface area contributed by atoms with Crippen LogP contribution < -0.4 is 5.63 Å². The summed E-state index contributed by atoms with van der Waals surface area (Å²) >= 11 is 0. The van der Waals surface area contributed by atoms with Gasteiger partial charge in [0.05, 0.1) is 24.1 Å². The van der Waals surface area contributed by atoms with E-state index in [1.807, 2.05) is 6.07 Å². The molecule has 0 radical (unpaired) electrons. The van der Waals surface area contributed by atoms with Gasteiger partial charge in [0.15, 0.2) is 0 Å². The number of aliphatic hydroxyl groups is 3. The van der Waals surface area contributed by atoms with Crippen molar-refractivity contribution in [1.29, 1.82) is 0 Å². The van der Waals surface area contributed by atoms with Gasteiger partial charge in [0.2, 0.25) is 0 Å². The molecule has 0 aliphatic heterocycles. The Labute approximate surface area is 172 Å². The maximum Gasteiger partial charge on any atom is 0.335 e. The average molecular weight is 403 g/mol. The van der Waals surface area contributed by atoms with Crippen LogP contribution in [-0.2, 0) is 0 Å². The normalized spacial score (nSPS) is 51.8. The van der Waals surface area contributed by atoms with Gasteiger partial charge in [-0.25, -0.2) is 4.79 Å². The highest BCUT2D eigenvalue weighted by molar-refractivity contribution is 5.28. The zero-order valence-electron chi connectivity index (χ0n) is 17.5. The second-order valence-corrected chi connectivity index (χ2v) is 10.9. The minimum atomic E-state index is -0.818. The second kappa shape index (κ2) is 6.41. The number of rotatable bonds is 1. The second-order valence-electron chi connectivity index (χ2n) is 10.9. The van der Waals surface area contributed by atoms with Crippen molar-refractivity contribution in [2.45, 2.75) is 88.9 Å². The summed E-state index contributed by atoms with van der Waals surface area (Å²) in [7, 11) is 0. The van der Waals surface area contributed by atoms with E-state index in [2.05, 4.69) is 13.8 Å². The van der Waals surface area contributed by atoms with E-state index in [4.69, 9.17) is 4.42 Å². The third-order valence-corrected chi connectivity index (χ3v) is 9.89. The van der Waals surface area contributed by atoms with E-state index in [9.17, 15) is 20.1 Å². The number of fused-ring (bicyclic) bond motifs is 5. The van der Waals surface area contributed by atoms with Crippen molar-refractivity contribution in [2.24, 2.45) is 28.6 Å². The Balaban J connectivity index is 1.52. The fourth-order valence-corrected chi connectivity index (χ4v) is 8.41. The zero-order valence-corrected chi connectivity index (χ0v) is 17.5. The first kappa shape index (κ1) is 19.8. The van der Waals surface area contributed by atoms with Crippen LogP contribution in [0.15, 0.2) is 27.6 Å². The van der Waals surface area contributed by atoms with Crippen LogP contribution in [0.3, 0.4) is 0 Å². The van der Waals surface area contributed by atoms with Gasteiger partial charge in [-0.05, 0) is 92.1 Å². The van der Waals surface area contributed by atoms with Crippen LogP contribution in [0.1, 0.15) is 76.7 Å². The molecule has 5 heteroatoms. The summed E-state index contributed by atoms with van der Waals surface area (Å²) in [5, 5.41) is 33.8. The van der Waals surface area contributed by atoms with E-state index < -0.39 is 17.1 Å². The maximum absolute atomic E-state index is 12.2. The molecule has 4 fully saturated rings. The summed E-state index contributed by atoms with van der Waals surface area (Å²) < 4.78 is 5.14. The first-order valence-electron chi connectivity index (χ1n) is 11.4. The van der Waals surface area contributed by atoms with E-state index in [0.29, 0.717) is 12.3 Å². The van der Waals surface area contributed by atoms with Crippen LogP contribution in [0.2, 0.25) is 0 Å². The molecule has 5 rings (SSSR count). The minimum absolute atomic E-state index is 0.0176. The topological polar surface area (TPSA) is 90.9 Å². The van der Waals surface area contributed by atoms with Crippen molar-refractivity contribution in [3.8, 4) is 0 Å². The average Bonchev–Trinajstić information content (AvgIpc) is 2.94. The van der Waals surface area contributed by atoms with E-state index >= 15 is 0 Å². The van der Waals surface area contributed by atoms with Crippen molar-refractivity contribution in [3.05, 3.63) is 34.4 Å². The molecule has 0 aromatic carbocycles. The van der Waals surface area contributed by atoms with Crippen LogP contribution in [0, 0.1) is 28.6 Å². The van der Waals surface area contributed by atoms with Crippen molar-refractivity contribution in [1.82, 2.24) is 0 Å². The number of hydrogen-bond donors (Lipinski definition) is 3. The third-order valence-electron chi connectivity index (χ3n) is 9.89. The van der Waals surface area contributed by atoms with E-state index in [0.717, 1.165) is 50.5 Å². The molecular formula is C24H34O5. The summed E-state index contributed by atoms with van der Waals surface area (Å²) in [6.45, 7) is 4.43. The van der Waals surface area contributed by atoms with Crippen LogP contribution in [0.4, 0.5) is 0 Å². The van der Waals surface area contributed by atoms with Gasteiger partial charge < -0.3 is 19.7 Å². The highest BCUT2D eigenvalue weighted by Gasteiger charge is 2.69. The summed E-state index contributed by atoms with van der Waals surface area (Å²) in [6.07, 6.45) is 7.49. The Morgan fingerprint density at radius 1 is 1.07 bits per heavy atom. The van der Waals surface area contributed by atoms with Crippen LogP contribution >= 0.6 is 0 Å². The molecule has 9 atom stereocenters. The monoisotopic (exact) mass is 402 g/mol. The van der Waals surface area contributed by atoms with Gasteiger partial charge in [0.1, 0.15) is 0 Å². The summed E-state index contributed by atoms with van der Waals surface area (Å²) in [5.41, 5.74) is -0.681. The Kier molecular flexibility index (Phi) is 4.37. The lowest BCUT2D eigenvalue weighted by Crippen LogP contribution is -2.66. The third kappa shape index (κ3) is 2.60. The molecule has 3 N–H and O–H groups in total. The van der Waals surface area contributed by atoms with Gasteiger partial charge in [0, 0.05) is 11.5 Å². The first-order valence-corrected chi connectivity index (χ1v) is 11.4. The molecule has 5 nitrogen and oxygen atoms in total. The minimum Gasteiger partial charge on any atom is -0.431 e. The molecule has 0 unspecified atom stereocenters. The van der Waals surface area contributed by atoms with Gasteiger partial charge in [-0.2, -0.15) is 0 Å². The molecule has 4 aliphatic rings. The lowest BCUT2D eigenvalue weighted by Gasteiger charge is -2.65. The predicted molar refractivity (Wildman–Crippen MR) is 108 cm³/mol. The van der Waals surface area contributed by atoms with Crippen LogP contribution in [0.5, 0.6) is 0 Å². The van der Waals surface area contributed by atoms with E-state index in [-0.39, 0.29) is 34.9 Å². The molecule has 0 saturated heterocycles. The molecule has 1 heterocycles. The molecule has 160 valence electrons. The highest BCUT2D eigenvalue weighted by Crippen LogP contribution is 2.70. The molecular weight excluding hydrogens is 368 g/mol. The Morgan fingerprint density at radius 2 is 1.86 bits per heavy atom. The fourth-order valence-electron chi connectivity index (χ4n) is 8.41. The summed E-state index contributed by atoms with van der Waals surface area (Å²) in [4.78, 5) is 11.4. The summed E-state index contributed by atoms with van der Waals surface area (Å²) in [5.74, 6) is 0.662. The quantitative estimate of drug-likeness (QED) is 0.671. The van der Waals surface area contributed by atoms with Crippen molar-refractivity contribution < 1.29 is 19.7 Å². The van der Waals surface area contributed by atoms with Gasteiger partial charge in [-0.3, -0.25) is 0 Å². The Hall–Kier alpha value is -1.17. The first-order chi connectivity index (χ1) is 13.7. The fraction of sp³-hybridized carbons (Fsp3) is 0.792. The largest absolute Gasteiger partial charge is 0.431 e. The highest BCUT2D eigenvalue weighted by atomic mass is 16.4. The van der Waals surface area contributed by atoms with Gasteiger partial charge in [0.25, 0.3) is 0 Å². The van der Waals surface area contributed by atoms with Crippen molar-refractivity contribution >= 4 is 0 Å². The van der Waals surface area contributed by atoms with Crippen LogP contribution in [-0.4, -0.2) is 33.1 Å². The SMILES string of the molecule is C[C@]12CC[C@H](O)C[C@H]1CC[C@@H]1[C@@H]2[C@@H](O)C[C@]2(C)[C@@H](c3ccc(=O)oc3)CC[C@@]12O. The van der Waals surface area contributed by atoms with E-state index in [1.54, 1.807) is 6.26 Å². The molecule has 0 spiro atoms. The van der Waals surface area contributed by atoms with E-state index in [1.165, 1.54) is 6.07 Å². The van der Waals surface area contributed by atoms with Crippen molar-refractivity contribution in [2.75, 3.05) is 0 Å². The molecule has 4 saturated carbocycles. The van der Waals surface area contributed by atoms with Crippen molar-refractivity contribution in [3.63, 3.8) is 0 Å². The molecule has 1 aromatic heterocycles. The van der Waals surface area contributed by atoms with Crippen LogP contribution in [0.25, 0.3) is 0 Å². The molecule has 4 aliphatic carbocycles. The standard InChI is InChI=1S/C24H34O5/c1-22-9-7-16(25)11-15(22)4-5-18-21(22)19(26)12-23(2)17(8-10-24(18,23)28)14-3-6-20(27)29-13-14/h3,6,13,15-19,21,25-26,28H,4-5,7-12H2,1-2H3/t15-,16+,17-,18-,19+,21-,22+,23-,24-/m1/s1. The van der Waals surface area contributed by atoms with Gasteiger partial charge in [-0.15, -0.1) is 0 Å².